The molecule has 0 spiro atoms. The molecule has 1 amide bonds. The number of hydrogen-bond donors (Lipinski definition) is 1. The maximum absolute atomic E-state index is 12.7. The summed E-state index contributed by atoms with van der Waals surface area (Å²) in [5.74, 6) is 1.53. The minimum atomic E-state index is 0.0573. The van der Waals surface area contributed by atoms with Crippen LogP contribution in [0.3, 0.4) is 0 Å². The molecule has 1 aliphatic heterocycles. The van der Waals surface area contributed by atoms with Gasteiger partial charge in [-0.1, -0.05) is 25.7 Å². The fourth-order valence-electron chi connectivity index (χ4n) is 3.47. The normalized spacial score (nSPS) is 20.0. The molecular formula is C17H26N4O. The lowest BCUT2D eigenvalue weighted by molar-refractivity contribution is 0.0755. The first-order valence-corrected chi connectivity index (χ1v) is 8.64. The molecule has 1 saturated carbocycles. The van der Waals surface area contributed by atoms with E-state index in [9.17, 15) is 4.79 Å². The number of aromatic nitrogens is 2. The van der Waals surface area contributed by atoms with Crippen LogP contribution in [0.5, 0.6) is 0 Å². The number of likely N-dealkylation sites (tertiary alicyclic amines) is 1. The molecule has 22 heavy (non-hydrogen) atoms. The third-order valence-corrected chi connectivity index (χ3v) is 4.66. The van der Waals surface area contributed by atoms with Crippen LogP contribution in [0.15, 0.2) is 6.07 Å². The highest BCUT2D eigenvalue weighted by atomic mass is 16.2. The summed E-state index contributed by atoms with van der Waals surface area (Å²) in [6.07, 6.45) is 9.59. The molecule has 0 atom stereocenters. The van der Waals surface area contributed by atoms with Crippen molar-refractivity contribution in [1.82, 2.24) is 14.9 Å². The summed E-state index contributed by atoms with van der Waals surface area (Å²) >= 11 is 0. The van der Waals surface area contributed by atoms with Crippen molar-refractivity contribution in [2.45, 2.75) is 64.3 Å². The molecule has 1 aromatic heterocycles. The summed E-state index contributed by atoms with van der Waals surface area (Å²) < 4.78 is 0. The van der Waals surface area contributed by atoms with Gasteiger partial charge in [-0.05, 0) is 32.6 Å². The van der Waals surface area contributed by atoms with Gasteiger partial charge in [0.25, 0.3) is 5.91 Å². The number of hydrogen-bond acceptors (Lipinski definition) is 4. The molecular weight excluding hydrogens is 276 g/mol. The van der Waals surface area contributed by atoms with Crippen molar-refractivity contribution < 1.29 is 4.79 Å². The van der Waals surface area contributed by atoms with E-state index >= 15 is 0 Å². The van der Waals surface area contributed by atoms with Crippen LogP contribution in [0.2, 0.25) is 0 Å². The van der Waals surface area contributed by atoms with Gasteiger partial charge >= 0.3 is 0 Å². The van der Waals surface area contributed by atoms with Gasteiger partial charge in [0.2, 0.25) is 0 Å². The molecule has 1 aromatic rings. The predicted octanol–water partition coefficient (Wildman–Crippen LogP) is 3.16. The molecule has 5 nitrogen and oxygen atoms in total. The van der Waals surface area contributed by atoms with Crippen molar-refractivity contribution >= 4 is 11.7 Å². The number of carbonyl (C=O) groups excluding carboxylic acids is 1. The van der Waals surface area contributed by atoms with E-state index in [1.807, 2.05) is 17.9 Å². The molecule has 0 unspecified atom stereocenters. The van der Waals surface area contributed by atoms with Crippen LogP contribution >= 0.6 is 0 Å². The van der Waals surface area contributed by atoms with Gasteiger partial charge < -0.3 is 10.2 Å². The Morgan fingerprint density at radius 2 is 1.77 bits per heavy atom. The Morgan fingerprint density at radius 3 is 2.45 bits per heavy atom. The second-order valence-corrected chi connectivity index (χ2v) is 6.52. The zero-order chi connectivity index (χ0) is 15.4. The second-order valence-electron chi connectivity index (χ2n) is 6.52. The molecule has 0 aromatic carbocycles. The number of carbonyl (C=O) groups is 1. The van der Waals surface area contributed by atoms with Crippen molar-refractivity contribution in [2.75, 3.05) is 18.4 Å². The Labute approximate surface area is 132 Å². The summed E-state index contributed by atoms with van der Waals surface area (Å²) in [6, 6.07) is 2.33. The Hall–Kier alpha value is -1.65. The van der Waals surface area contributed by atoms with Crippen LogP contribution in [-0.2, 0) is 0 Å². The van der Waals surface area contributed by atoms with E-state index in [0.29, 0.717) is 17.6 Å². The van der Waals surface area contributed by atoms with Gasteiger partial charge in [-0.15, -0.1) is 0 Å². The first-order valence-electron chi connectivity index (χ1n) is 8.64. The quantitative estimate of drug-likeness (QED) is 0.932. The Balaban J connectivity index is 1.74. The molecule has 2 fully saturated rings. The fourth-order valence-corrected chi connectivity index (χ4v) is 3.47. The maximum atomic E-state index is 12.7. The highest BCUT2D eigenvalue weighted by Gasteiger charge is 2.21. The van der Waals surface area contributed by atoms with Gasteiger partial charge in [0.15, 0.2) is 0 Å². The molecule has 1 aliphatic carbocycles. The lowest BCUT2D eigenvalue weighted by Crippen LogP contribution is -2.32. The lowest BCUT2D eigenvalue weighted by atomic mass is 10.2. The molecule has 3 rings (SSSR count). The van der Waals surface area contributed by atoms with E-state index in [4.69, 9.17) is 0 Å². The minimum absolute atomic E-state index is 0.0573. The zero-order valence-electron chi connectivity index (χ0n) is 13.5. The number of aryl methyl sites for hydroxylation is 1. The Morgan fingerprint density at radius 1 is 1.09 bits per heavy atom. The van der Waals surface area contributed by atoms with E-state index < -0.39 is 0 Å². The van der Waals surface area contributed by atoms with Gasteiger partial charge in [0.1, 0.15) is 17.3 Å². The highest BCUT2D eigenvalue weighted by Crippen LogP contribution is 2.22. The van der Waals surface area contributed by atoms with Gasteiger partial charge in [0.05, 0.1) is 0 Å². The molecule has 5 heteroatoms. The van der Waals surface area contributed by atoms with Crippen LogP contribution in [0.25, 0.3) is 0 Å². The first kappa shape index (κ1) is 15.3. The number of nitrogens with one attached hydrogen (secondary N) is 1. The van der Waals surface area contributed by atoms with Crippen molar-refractivity contribution in [1.29, 1.82) is 0 Å². The molecule has 1 N–H and O–H groups in total. The van der Waals surface area contributed by atoms with Gasteiger partial charge in [-0.2, -0.15) is 0 Å². The van der Waals surface area contributed by atoms with Gasteiger partial charge in [-0.25, -0.2) is 9.97 Å². The highest BCUT2D eigenvalue weighted by molar-refractivity contribution is 5.93. The topological polar surface area (TPSA) is 58.1 Å². The summed E-state index contributed by atoms with van der Waals surface area (Å²) in [7, 11) is 0. The zero-order valence-corrected chi connectivity index (χ0v) is 13.5. The number of rotatable bonds is 3. The van der Waals surface area contributed by atoms with E-state index in [0.717, 1.165) is 31.7 Å². The van der Waals surface area contributed by atoms with Gasteiger partial charge in [-0.3, -0.25) is 4.79 Å². The van der Waals surface area contributed by atoms with Crippen molar-refractivity contribution in [2.24, 2.45) is 0 Å². The Bertz CT molecular complexity index is 517. The van der Waals surface area contributed by atoms with E-state index in [1.54, 1.807) is 0 Å². The molecule has 2 aliphatic rings. The fraction of sp³-hybridized carbons (Fsp3) is 0.706. The largest absolute Gasteiger partial charge is 0.367 e. The first-order chi connectivity index (χ1) is 10.7. The number of nitrogens with zero attached hydrogens (tertiary/aromatic N) is 3. The standard InChI is InChI=1S/C17H26N4O/c1-13-18-15(17(22)21-10-6-2-3-7-11-21)12-16(19-13)20-14-8-4-5-9-14/h12,14H,2-11H2,1H3,(H,18,19,20). The third kappa shape index (κ3) is 3.76. The van der Waals surface area contributed by atoms with Crippen LogP contribution < -0.4 is 5.32 Å². The second kappa shape index (κ2) is 7.07. The maximum Gasteiger partial charge on any atom is 0.272 e. The molecule has 1 saturated heterocycles. The van der Waals surface area contributed by atoms with Gasteiger partial charge in [0, 0.05) is 25.2 Å². The Kier molecular flexibility index (Phi) is 4.90. The summed E-state index contributed by atoms with van der Waals surface area (Å²) in [5, 5.41) is 3.47. The van der Waals surface area contributed by atoms with E-state index in [2.05, 4.69) is 15.3 Å². The SMILES string of the molecule is Cc1nc(NC2CCCC2)cc(C(=O)N2CCCCCC2)n1. The monoisotopic (exact) mass is 302 g/mol. The lowest BCUT2D eigenvalue weighted by Gasteiger charge is -2.20. The van der Waals surface area contributed by atoms with E-state index in [1.165, 1.54) is 38.5 Å². The smallest absolute Gasteiger partial charge is 0.272 e. The predicted molar refractivity (Wildman–Crippen MR) is 87.0 cm³/mol. The van der Waals surface area contributed by atoms with Crippen LogP contribution in [0.4, 0.5) is 5.82 Å². The third-order valence-electron chi connectivity index (χ3n) is 4.66. The van der Waals surface area contributed by atoms with E-state index in [-0.39, 0.29) is 5.91 Å². The molecule has 2 heterocycles. The number of amides is 1. The van der Waals surface area contributed by atoms with Crippen molar-refractivity contribution in [3.05, 3.63) is 17.6 Å². The van der Waals surface area contributed by atoms with Crippen LogP contribution in [0, 0.1) is 6.92 Å². The summed E-state index contributed by atoms with van der Waals surface area (Å²) in [4.78, 5) is 23.5. The van der Waals surface area contributed by atoms with Crippen LogP contribution in [-0.4, -0.2) is 39.9 Å². The molecule has 0 radical (unpaired) electrons. The molecule has 120 valence electrons. The van der Waals surface area contributed by atoms with Crippen molar-refractivity contribution in [3.63, 3.8) is 0 Å². The average molecular weight is 302 g/mol. The minimum Gasteiger partial charge on any atom is -0.367 e. The summed E-state index contributed by atoms with van der Waals surface area (Å²) in [6.45, 7) is 3.57. The van der Waals surface area contributed by atoms with Crippen LogP contribution in [0.1, 0.15) is 67.7 Å². The van der Waals surface area contributed by atoms with Crippen molar-refractivity contribution in [3.8, 4) is 0 Å². The average Bonchev–Trinajstić information content (AvgIpc) is 2.86. The summed E-state index contributed by atoms with van der Waals surface area (Å²) in [5.41, 5.74) is 0.537. The molecule has 0 bridgehead atoms. The number of anilines is 1.